The first-order valence-corrected chi connectivity index (χ1v) is 4.83. The van der Waals surface area contributed by atoms with E-state index in [4.69, 9.17) is 24.8 Å². The van der Waals surface area contributed by atoms with Gasteiger partial charge in [0.2, 0.25) is 0 Å². The van der Waals surface area contributed by atoms with Gasteiger partial charge in [-0.05, 0) is 13.8 Å². The lowest BCUT2D eigenvalue weighted by Gasteiger charge is -2.08. The minimum atomic E-state index is -0.560. The molecule has 0 aromatic carbocycles. The summed E-state index contributed by atoms with van der Waals surface area (Å²) < 4.78 is 9.45. The van der Waals surface area contributed by atoms with E-state index in [0.29, 0.717) is 6.61 Å². The van der Waals surface area contributed by atoms with Crippen LogP contribution in [0.1, 0.15) is 20.8 Å². The number of aliphatic hydroxyl groups is 3. The van der Waals surface area contributed by atoms with Crippen molar-refractivity contribution in [1.82, 2.24) is 0 Å². The third-order valence-electron chi connectivity index (χ3n) is 1.03. The van der Waals surface area contributed by atoms with Crippen molar-refractivity contribution >= 4 is 5.97 Å². The standard InChI is InChI=1S/C6H12O3.C3H8O2.CH4O/c1-5(4-8-3)9-6(2)7;1-3(5)2-4;1-2/h5H,4H2,1-3H3;3-5H,2H2,1H3;2H,1H3. The molecular weight excluding hydrogens is 216 g/mol. The molecule has 0 aliphatic carbocycles. The second-order valence-electron chi connectivity index (χ2n) is 2.91. The molecule has 6 heteroatoms. The number of aliphatic hydroxyl groups excluding tert-OH is 3. The average Bonchev–Trinajstić information content (AvgIpc) is 2.21. The zero-order chi connectivity index (χ0) is 13.6. The van der Waals surface area contributed by atoms with Crippen molar-refractivity contribution in [2.45, 2.75) is 33.0 Å². The lowest BCUT2D eigenvalue weighted by molar-refractivity contribution is -0.147. The minimum absolute atomic E-state index is 0.132. The van der Waals surface area contributed by atoms with Gasteiger partial charge in [-0.15, -0.1) is 0 Å². The Bertz CT molecular complexity index is 137. The van der Waals surface area contributed by atoms with Crippen LogP contribution in [0.2, 0.25) is 0 Å². The first kappa shape index (κ1) is 20.7. The topological polar surface area (TPSA) is 96.2 Å². The van der Waals surface area contributed by atoms with E-state index in [1.54, 1.807) is 14.0 Å². The molecule has 3 N–H and O–H groups in total. The molecule has 0 saturated carbocycles. The smallest absolute Gasteiger partial charge is 0.302 e. The molecule has 100 valence electrons. The lowest BCUT2D eigenvalue weighted by Crippen LogP contribution is -2.17. The third kappa shape index (κ3) is 29.2. The molecular formula is C10H24O6. The summed E-state index contributed by atoms with van der Waals surface area (Å²) >= 11 is 0. The summed E-state index contributed by atoms with van der Waals surface area (Å²) in [5, 5.41) is 23.0. The van der Waals surface area contributed by atoms with Gasteiger partial charge in [0.15, 0.2) is 0 Å². The van der Waals surface area contributed by atoms with Crippen LogP contribution in [0.25, 0.3) is 0 Å². The molecule has 0 amide bonds. The molecule has 0 heterocycles. The second-order valence-corrected chi connectivity index (χ2v) is 2.91. The van der Waals surface area contributed by atoms with E-state index in [1.165, 1.54) is 13.8 Å². The Hall–Kier alpha value is -0.690. The molecule has 0 aliphatic heterocycles. The highest BCUT2D eigenvalue weighted by Crippen LogP contribution is 1.90. The maximum Gasteiger partial charge on any atom is 0.302 e. The van der Waals surface area contributed by atoms with Crippen molar-refractivity contribution in [3.8, 4) is 0 Å². The molecule has 2 atom stereocenters. The summed E-state index contributed by atoms with van der Waals surface area (Å²) in [7, 11) is 2.57. The number of hydrogen-bond acceptors (Lipinski definition) is 6. The fourth-order valence-corrected chi connectivity index (χ4v) is 0.552. The summed E-state index contributed by atoms with van der Waals surface area (Å²) in [6, 6.07) is 0. The highest BCUT2D eigenvalue weighted by Gasteiger charge is 2.02. The van der Waals surface area contributed by atoms with Crippen molar-refractivity contribution in [2.24, 2.45) is 0 Å². The van der Waals surface area contributed by atoms with Crippen molar-refractivity contribution in [1.29, 1.82) is 0 Å². The van der Waals surface area contributed by atoms with Crippen molar-refractivity contribution in [3.05, 3.63) is 0 Å². The van der Waals surface area contributed by atoms with E-state index in [1.807, 2.05) is 0 Å². The van der Waals surface area contributed by atoms with Crippen molar-refractivity contribution in [2.75, 3.05) is 27.4 Å². The fraction of sp³-hybridized carbons (Fsp3) is 0.900. The largest absolute Gasteiger partial charge is 0.460 e. The van der Waals surface area contributed by atoms with Crippen LogP contribution in [0.4, 0.5) is 0 Å². The van der Waals surface area contributed by atoms with Gasteiger partial charge >= 0.3 is 5.97 Å². The Labute approximate surface area is 96.8 Å². The molecule has 16 heavy (non-hydrogen) atoms. The predicted molar refractivity (Wildman–Crippen MR) is 60.0 cm³/mol. The Balaban J connectivity index is -0.000000205. The van der Waals surface area contributed by atoms with Gasteiger partial charge in [-0.2, -0.15) is 0 Å². The molecule has 0 fully saturated rings. The number of esters is 1. The molecule has 0 bridgehead atoms. The number of methoxy groups -OCH3 is 1. The quantitative estimate of drug-likeness (QED) is 0.576. The van der Waals surface area contributed by atoms with Gasteiger partial charge in [-0.3, -0.25) is 4.79 Å². The van der Waals surface area contributed by atoms with E-state index >= 15 is 0 Å². The van der Waals surface area contributed by atoms with Crippen molar-refractivity contribution in [3.63, 3.8) is 0 Å². The molecule has 0 radical (unpaired) electrons. The average molecular weight is 240 g/mol. The summed E-state index contributed by atoms with van der Waals surface area (Å²) in [4.78, 5) is 10.3. The second kappa shape index (κ2) is 16.7. The zero-order valence-corrected chi connectivity index (χ0v) is 10.6. The highest BCUT2D eigenvalue weighted by atomic mass is 16.6. The molecule has 0 rings (SSSR count). The number of ether oxygens (including phenoxy) is 2. The first-order valence-electron chi connectivity index (χ1n) is 4.83. The van der Waals surface area contributed by atoms with Crippen LogP contribution in [-0.4, -0.2) is 60.9 Å². The third-order valence-corrected chi connectivity index (χ3v) is 1.03. The highest BCUT2D eigenvalue weighted by molar-refractivity contribution is 5.66. The number of carbonyl (C=O) groups is 1. The van der Waals surface area contributed by atoms with Gasteiger partial charge in [0.25, 0.3) is 0 Å². The van der Waals surface area contributed by atoms with E-state index < -0.39 is 6.10 Å². The van der Waals surface area contributed by atoms with Gasteiger partial charge in [-0.1, -0.05) is 0 Å². The summed E-state index contributed by atoms with van der Waals surface area (Å²) in [6.45, 7) is 5.01. The van der Waals surface area contributed by atoms with Crippen LogP contribution in [0.3, 0.4) is 0 Å². The predicted octanol–water partition coefficient (Wildman–Crippen LogP) is -0.448. The molecule has 0 aliphatic rings. The van der Waals surface area contributed by atoms with Gasteiger partial charge in [0, 0.05) is 21.1 Å². The van der Waals surface area contributed by atoms with Crippen LogP contribution < -0.4 is 0 Å². The van der Waals surface area contributed by atoms with Gasteiger partial charge < -0.3 is 24.8 Å². The number of hydrogen-bond donors (Lipinski definition) is 3. The lowest BCUT2D eigenvalue weighted by atomic mass is 10.4. The van der Waals surface area contributed by atoms with E-state index in [9.17, 15) is 4.79 Å². The van der Waals surface area contributed by atoms with E-state index in [2.05, 4.69) is 0 Å². The normalized spacial score (nSPS) is 12.2. The van der Waals surface area contributed by atoms with Gasteiger partial charge in [0.1, 0.15) is 6.10 Å². The minimum Gasteiger partial charge on any atom is -0.460 e. The monoisotopic (exact) mass is 240 g/mol. The van der Waals surface area contributed by atoms with Gasteiger partial charge in [-0.25, -0.2) is 0 Å². The molecule has 0 spiro atoms. The number of rotatable bonds is 4. The van der Waals surface area contributed by atoms with E-state index in [0.717, 1.165) is 7.11 Å². The Kier molecular flexibility index (Phi) is 21.6. The van der Waals surface area contributed by atoms with Crippen LogP contribution >= 0.6 is 0 Å². The SMILES string of the molecule is CC(O)CO.CO.COCC(C)OC(C)=O. The van der Waals surface area contributed by atoms with Crippen LogP contribution in [0, 0.1) is 0 Å². The summed E-state index contributed by atoms with van der Waals surface area (Å²) in [5.41, 5.74) is 0. The van der Waals surface area contributed by atoms with Gasteiger partial charge in [0.05, 0.1) is 19.3 Å². The Morgan fingerprint density at radius 1 is 1.31 bits per heavy atom. The first-order chi connectivity index (χ1) is 7.43. The zero-order valence-electron chi connectivity index (χ0n) is 10.6. The summed E-state index contributed by atoms with van der Waals surface area (Å²) in [6.07, 6.45) is -0.692. The Morgan fingerprint density at radius 2 is 1.69 bits per heavy atom. The van der Waals surface area contributed by atoms with Crippen LogP contribution in [0.15, 0.2) is 0 Å². The molecule has 6 nitrogen and oxygen atoms in total. The van der Waals surface area contributed by atoms with Crippen molar-refractivity contribution < 1.29 is 29.6 Å². The maximum atomic E-state index is 10.3. The van der Waals surface area contributed by atoms with Crippen LogP contribution in [0.5, 0.6) is 0 Å². The number of carbonyl (C=O) groups excluding carboxylic acids is 1. The summed E-state index contributed by atoms with van der Waals surface area (Å²) in [5.74, 6) is -0.264. The molecule has 0 aromatic heterocycles. The van der Waals surface area contributed by atoms with E-state index in [-0.39, 0.29) is 18.7 Å². The van der Waals surface area contributed by atoms with Crippen LogP contribution in [-0.2, 0) is 14.3 Å². The molecule has 2 unspecified atom stereocenters. The Morgan fingerprint density at radius 3 is 1.88 bits per heavy atom. The fourth-order valence-electron chi connectivity index (χ4n) is 0.552. The maximum absolute atomic E-state index is 10.3. The molecule has 0 saturated heterocycles. The molecule has 0 aromatic rings.